The molecule has 104 valence electrons. The van der Waals surface area contributed by atoms with Crippen LogP contribution < -0.4 is 5.32 Å². The lowest BCUT2D eigenvalue weighted by Crippen LogP contribution is -2.43. The Morgan fingerprint density at radius 2 is 2.35 bits per heavy atom. The molecule has 0 aromatic heterocycles. The Balaban J connectivity index is 2.05. The van der Waals surface area contributed by atoms with Gasteiger partial charge in [-0.05, 0) is 43.1 Å². The second kappa shape index (κ2) is 4.60. The minimum Gasteiger partial charge on any atom is -0.462 e. The van der Waals surface area contributed by atoms with Gasteiger partial charge in [-0.25, -0.2) is 4.79 Å². The van der Waals surface area contributed by atoms with Gasteiger partial charge in [-0.1, -0.05) is 13.0 Å². The van der Waals surface area contributed by atoms with Crippen LogP contribution in [0, 0.1) is 11.3 Å². The number of rotatable bonds is 2. The minimum absolute atomic E-state index is 0.145. The van der Waals surface area contributed by atoms with Crippen LogP contribution in [0.5, 0.6) is 0 Å². The van der Waals surface area contributed by atoms with Crippen molar-refractivity contribution in [3.63, 3.8) is 0 Å². The lowest BCUT2D eigenvalue weighted by molar-refractivity contribution is 0.0526. The number of nitrogens with one attached hydrogen (secondary N) is 1. The van der Waals surface area contributed by atoms with E-state index in [1.54, 1.807) is 13.0 Å². The van der Waals surface area contributed by atoms with Crippen LogP contribution in [-0.4, -0.2) is 24.7 Å². The Morgan fingerprint density at radius 3 is 3.05 bits per heavy atom. The van der Waals surface area contributed by atoms with Gasteiger partial charge in [-0.15, -0.1) is 0 Å². The zero-order chi connectivity index (χ0) is 14.3. The summed E-state index contributed by atoms with van der Waals surface area (Å²) in [5.41, 5.74) is 2.39. The molecule has 1 heterocycles. The fraction of sp³-hybridized carbons (Fsp3) is 0.500. The third kappa shape index (κ3) is 1.60. The first kappa shape index (κ1) is 13.1. The summed E-state index contributed by atoms with van der Waals surface area (Å²) in [6, 6.07) is 8.18. The summed E-state index contributed by atoms with van der Waals surface area (Å²) in [5.74, 6) is 0.0292. The van der Waals surface area contributed by atoms with E-state index in [4.69, 9.17) is 4.74 Å². The maximum Gasteiger partial charge on any atom is 0.338 e. The molecular formula is C16H18N2O2. The lowest BCUT2D eigenvalue weighted by atomic mass is 9.82. The third-order valence-electron chi connectivity index (χ3n) is 4.71. The SMILES string of the molecule is CCOC(=O)c1ccc2c(c1)[C@@H]1CCN[C@]1(C#N)[C@@H]2C. The molecule has 1 aliphatic carbocycles. The number of esters is 1. The van der Waals surface area contributed by atoms with Gasteiger partial charge < -0.3 is 4.74 Å². The third-order valence-corrected chi connectivity index (χ3v) is 4.71. The molecule has 1 saturated heterocycles. The van der Waals surface area contributed by atoms with Gasteiger partial charge in [0.2, 0.25) is 0 Å². The number of carbonyl (C=O) groups excluding carboxylic acids is 1. The van der Waals surface area contributed by atoms with E-state index in [0.29, 0.717) is 12.2 Å². The van der Waals surface area contributed by atoms with Gasteiger partial charge in [0.15, 0.2) is 0 Å². The first-order valence-corrected chi connectivity index (χ1v) is 7.11. The molecule has 0 saturated carbocycles. The molecule has 0 spiro atoms. The molecule has 0 bridgehead atoms. The van der Waals surface area contributed by atoms with Gasteiger partial charge in [0.1, 0.15) is 5.54 Å². The lowest BCUT2D eigenvalue weighted by Gasteiger charge is -2.26. The van der Waals surface area contributed by atoms with Gasteiger partial charge in [0.05, 0.1) is 18.2 Å². The average Bonchev–Trinajstić information content (AvgIpc) is 2.98. The molecule has 1 aromatic rings. The molecule has 3 rings (SSSR count). The molecular weight excluding hydrogens is 252 g/mol. The maximum absolute atomic E-state index is 11.9. The van der Waals surface area contributed by atoms with Crippen LogP contribution in [0.2, 0.25) is 0 Å². The van der Waals surface area contributed by atoms with Crippen molar-refractivity contribution in [1.82, 2.24) is 5.32 Å². The van der Waals surface area contributed by atoms with Crippen molar-refractivity contribution in [2.24, 2.45) is 0 Å². The Kier molecular flexibility index (Phi) is 3.02. The molecule has 4 heteroatoms. The highest BCUT2D eigenvalue weighted by Gasteiger charge is 2.54. The van der Waals surface area contributed by atoms with E-state index >= 15 is 0 Å². The summed E-state index contributed by atoms with van der Waals surface area (Å²) in [7, 11) is 0. The summed E-state index contributed by atoms with van der Waals surface area (Å²) in [6.07, 6.45) is 0.942. The van der Waals surface area contributed by atoms with Crippen LogP contribution in [-0.2, 0) is 4.74 Å². The first-order chi connectivity index (χ1) is 9.64. The molecule has 0 amide bonds. The highest BCUT2D eigenvalue weighted by Crippen LogP contribution is 2.53. The van der Waals surface area contributed by atoms with Crippen molar-refractivity contribution in [3.05, 3.63) is 34.9 Å². The number of ether oxygens (including phenoxy) is 1. The quantitative estimate of drug-likeness (QED) is 0.838. The highest BCUT2D eigenvalue weighted by atomic mass is 16.5. The summed E-state index contributed by atoms with van der Waals surface area (Å²) in [4.78, 5) is 11.9. The predicted octanol–water partition coefficient (Wildman–Crippen LogP) is 2.32. The topological polar surface area (TPSA) is 62.1 Å². The molecule has 4 nitrogen and oxygen atoms in total. The van der Waals surface area contributed by atoms with Gasteiger partial charge in [-0.2, -0.15) is 5.26 Å². The van der Waals surface area contributed by atoms with Crippen LogP contribution >= 0.6 is 0 Å². The van der Waals surface area contributed by atoms with E-state index in [9.17, 15) is 10.1 Å². The van der Waals surface area contributed by atoms with E-state index in [1.165, 1.54) is 5.56 Å². The van der Waals surface area contributed by atoms with Crippen LogP contribution in [0.15, 0.2) is 18.2 Å². The number of hydrogen-bond donors (Lipinski definition) is 1. The van der Waals surface area contributed by atoms with Crippen molar-refractivity contribution in [2.75, 3.05) is 13.2 Å². The Hall–Kier alpha value is -1.86. The van der Waals surface area contributed by atoms with E-state index in [1.807, 2.05) is 12.1 Å². The number of fused-ring (bicyclic) bond motifs is 3. The normalized spacial score (nSPS) is 30.4. The van der Waals surface area contributed by atoms with Crippen molar-refractivity contribution in [3.8, 4) is 6.07 Å². The molecule has 3 atom stereocenters. The fourth-order valence-electron chi connectivity index (χ4n) is 3.70. The first-order valence-electron chi connectivity index (χ1n) is 7.11. The van der Waals surface area contributed by atoms with E-state index in [2.05, 4.69) is 18.3 Å². The van der Waals surface area contributed by atoms with E-state index in [0.717, 1.165) is 18.5 Å². The molecule has 2 aliphatic rings. The van der Waals surface area contributed by atoms with Crippen LogP contribution in [0.1, 0.15) is 53.6 Å². The summed E-state index contributed by atoms with van der Waals surface area (Å²) in [5, 5.41) is 13.0. The minimum atomic E-state index is -0.504. The monoisotopic (exact) mass is 270 g/mol. The number of benzene rings is 1. The van der Waals surface area contributed by atoms with Gasteiger partial charge in [-0.3, -0.25) is 5.32 Å². The molecule has 0 unspecified atom stereocenters. The zero-order valence-corrected chi connectivity index (χ0v) is 11.8. The second-order valence-electron chi connectivity index (χ2n) is 5.53. The molecule has 1 fully saturated rings. The highest BCUT2D eigenvalue weighted by molar-refractivity contribution is 5.90. The number of nitrogens with zero attached hydrogens (tertiary/aromatic N) is 1. The molecule has 1 aliphatic heterocycles. The molecule has 1 aromatic carbocycles. The zero-order valence-electron chi connectivity index (χ0n) is 11.8. The number of hydrogen-bond acceptors (Lipinski definition) is 4. The van der Waals surface area contributed by atoms with Crippen LogP contribution in [0.4, 0.5) is 0 Å². The van der Waals surface area contributed by atoms with Gasteiger partial charge in [0.25, 0.3) is 0 Å². The van der Waals surface area contributed by atoms with Crippen molar-refractivity contribution >= 4 is 5.97 Å². The van der Waals surface area contributed by atoms with Crippen LogP contribution in [0.3, 0.4) is 0 Å². The predicted molar refractivity (Wildman–Crippen MR) is 74.5 cm³/mol. The van der Waals surface area contributed by atoms with E-state index in [-0.39, 0.29) is 17.8 Å². The summed E-state index contributed by atoms with van der Waals surface area (Å²) >= 11 is 0. The maximum atomic E-state index is 11.9. The van der Waals surface area contributed by atoms with Crippen molar-refractivity contribution in [2.45, 2.75) is 37.6 Å². The van der Waals surface area contributed by atoms with Crippen molar-refractivity contribution in [1.29, 1.82) is 5.26 Å². The number of carbonyl (C=O) groups is 1. The second-order valence-corrected chi connectivity index (χ2v) is 5.53. The largest absolute Gasteiger partial charge is 0.462 e. The average molecular weight is 270 g/mol. The van der Waals surface area contributed by atoms with Gasteiger partial charge >= 0.3 is 5.97 Å². The fourth-order valence-corrected chi connectivity index (χ4v) is 3.70. The Labute approximate surface area is 118 Å². The van der Waals surface area contributed by atoms with Crippen LogP contribution in [0.25, 0.3) is 0 Å². The molecule has 1 N–H and O–H groups in total. The number of nitriles is 1. The van der Waals surface area contributed by atoms with Gasteiger partial charge in [0, 0.05) is 11.8 Å². The molecule has 20 heavy (non-hydrogen) atoms. The Morgan fingerprint density at radius 1 is 1.55 bits per heavy atom. The summed E-state index contributed by atoms with van der Waals surface area (Å²) in [6.45, 7) is 5.12. The molecule has 0 radical (unpaired) electrons. The summed E-state index contributed by atoms with van der Waals surface area (Å²) < 4.78 is 5.06. The van der Waals surface area contributed by atoms with E-state index < -0.39 is 5.54 Å². The van der Waals surface area contributed by atoms with Crippen molar-refractivity contribution < 1.29 is 9.53 Å². The Bertz CT molecular complexity index is 605. The smallest absolute Gasteiger partial charge is 0.338 e. The standard InChI is InChI=1S/C16H18N2O2/c1-3-20-15(19)11-4-5-12-10(2)16(9-17)14(6-7-18-16)13(12)8-11/h4-5,8,10,14,18H,3,6-7H2,1-2H3/t10-,14+,16-/m1/s1.